The minimum absolute atomic E-state index is 0.127. The SMILES string of the molecule is Cc1ccc(NC(=O)c2cc(-c3ccccc3)on2)cc1N1CCCCC1=O. The monoisotopic (exact) mass is 375 g/mol. The van der Waals surface area contributed by atoms with E-state index in [9.17, 15) is 9.59 Å². The summed E-state index contributed by atoms with van der Waals surface area (Å²) in [5.41, 5.74) is 3.52. The van der Waals surface area contributed by atoms with Crippen LogP contribution >= 0.6 is 0 Å². The number of rotatable bonds is 4. The molecule has 1 aromatic heterocycles. The number of aromatic nitrogens is 1. The second-order valence-corrected chi connectivity index (χ2v) is 6.90. The Bertz CT molecular complexity index is 1010. The largest absolute Gasteiger partial charge is 0.355 e. The van der Waals surface area contributed by atoms with Crippen LogP contribution in [0.3, 0.4) is 0 Å². The minimum Gasteiger partial charge on any atom is -0.355 e. The van der Waals surface area contributed by atoms with Gasteiger partial charge in [-0.1, -0.05) is 41.6 Å². The molecule has 1 N–H and O–H groups in total. The van der Waals surface area contributed by atoms with Crippen molar-refractivity contribution in [3.8, 4) is 11.3 Å². The second kappa shape index (κ2) is 7.68. The number of aryl methyl sites for hydroxylation is 1. The van der Waals surface area contributed by atoms with Gasteiger partial charge in [-0.2, -0.15) is 0 Å². The van der Waals surface area contributed by atoms with E-state index in [0.717, 1.165) is 29.7 Å². The first-order valence-corrected chi connectivity index (χ1v) is 9.36. The molecule has 0 bridgehead atoms. The first-order chi connectivity index (χ1) is 13.6. The molecule has 1 aliphatic rings. The molecule has 1 aliphatic heterocycles. The number of carbonyl (C=O) groups excluding carboxylic acids is 2. The van der Waals surface area contributed by atoms with Crippen molar-refractivity contribution >= 4 is 23.2 Å². The molecule has 0 saturated carbocycles. The Kier molecular flexibility index (Phi) is 4.93. The number of nitrogens with zero attached hydrogens (tertiary/aromatic N) is 2. The molecule has 6 nitrogen and oxygen atoms in total. The number of carbonyl (C=O) groups is 2. The summed E-state index contributed by atoms with van der Waals surface area (Å²) in [5.74, 6) is 0.307. The van der Waals surface area contributed by atoms with Crippen LogP contribution in [-0.2, 0) is 4.79 Å². The van der Waals surface area contributed by atoms with E-state index >= 15 is 0 Å². The maximum Gasteiger partial charge on any atom is 0.277 e. The molecule has 2 aromatic carbocycles. The van der Waals surface area contributed by atoms with E-state index in [4.69, 9.17) is 4.52 Å². The molecule has 0 radical (unpaired) electrons. The highest BCUT2D eigenvalue weighted by atomic mass is 16.5. The Labute approximate surface area is 163 Å². The fourth-order valence-electron chi connectivity index (χ4n) is 3.35. The summed E-state index contributed by atoms with van der Waals surface area (Å²) in [5, 5.41) is 6.72. The number of nitrogens with one attached hydrogen (secondary N) is 1. The van der Waals surface area contributed by atoms with Crippen LogP contribution in [0.2, 0.25) is 0 Å². The Balaban J connectivity index is 1.53. The molecule has 2 heterocycles. The average molecular weight is 375 g/mol. The molecule has 2 amide bonds. The lowest BCUT2D eigenvalue weighted by Gasteiger charge is -2.28. The maximum atomic E-state index is 12.6. The predicted octanol–water partition coefficient (Wildman–Crippen LogP) is 4.42. The van der Waals surface area contributed by atoms with Gasteiger partial charge in [-0.05, 0) is 37.5 Å². The van der Waals surface area contributed by atoms with Crippen molar-refractivity contribution in [2.75, 3.05) is 16.8 Å². The van der Waals surface area contributed by atoms with Gasteiger partial charge in [0.25, 0.3) is 5.91 Å². The number of anilines is 2. The predicted molar refractivity (Wildman–Crippen MR) is 107 cm³/mol. The van der Waals surface area contributed by atoms with Gasteiger partial charge in [-0.3, -0.25) is 9.59 Å². The van der Waals surface area contributed by atoms with Crippen LogP contribution < -0.4 is 10.2 Å². The third-order valence-corrected chi connectivity index (χ3v) is 4.88. The number of piperidine rings is 1. The quantitative estimate of drug-likeness (QED) is 0.732. The molecule has 1 fully saturated rings. The molecule has 1 saturated heterocycles. The van der Waals surface area contributed by atoms with Gasteiger partial charge in [-0.15, -0.1) is 0 Å². The smallest absolute Gasteiger partial charge is 0.277 e. The second-order valence-electron chi connectivity index (χ2n) is 6.90. The Morgan fingerprint density at radius 2 is 1.93 bits per heavy atom. The molecule has 0 spiro atoms. The fraction of sp³-hybridized carbons (Fsp3) is 0.227. The molecule has 28 heavy (non-hydrogen) atoms. The molecule has 142 valence electrons. The first-order valence-electron chi connectivity index (χ1n) is 9.36. The summed E-state index contributed by atoms with van der Waals surface area (Å²) < 4.78 is 5.30. The molecule has 6 heteroatoms. The normalized spacial score (nSPS) is 14.2. The van der Waals surface area contributed by atoms with E-state index in [1.54, 1.807) is 11.0 Å². The highest BCUT2D eigenvalue weighted by molar-refractivity contribution is 6.04. The van der Waals surface area contributed by atoms with Crippen molar-refractivity contribution in [3.05, 3.63) is 65.9 Å². The standard InChI is InChI=1S/C22H21N3O3/c1-15-10-11-17(13-19(15)25-12-6-5-9-21(25)26)23-22(27)18-14-20(28-24-18)16-7-3-2-4-8-16/h2-4,7-8,10-11,13-14H,5-6,9,12H2,1H3,(H,23,27). The number of hydrogen-bond acceptors (Lipinski definition) is 4. The van der Waals surface area contributed by atoms with Gasteiger partial charge in [-0.25, -0.2) is 0 Å². The van der Waals surface area contributed by atoms with Crippen molar-refractivity contribution < 1.29 is 14.1 Å². The highest BCUT2D eigenvalue weighted by Gasteiger charge is 2.22. The zero-order valence-electron chi connectivity index (χ0n) is 15.6. The molecular formula is C22H21N3O3. The van der Waals surface area contributed by atoms with Crippen LogP contribution in [0.25, 0.3) is 11.3 Å². The summed E-state index contributed by atoms with van der Waals surface area (Å²) in [4.78, 5) is 26.6. The summed E-state index contributed by atoms with van der Waals surface area (Å²) in [6.07, 6.45) is 2.49. The van der Waals surface area contributed by atoms with Crippen molar-refractivity contribution in [3.63, 3.8) is 0 Å². The molecule has 0 atom stereocenters. The van der Waals surface area contributed by atoms with Crippen LogP contribution in [0.1, 0.15) is 35.3 Å². The Morgan fingerprint density at radius 3 is 2.71 bits per heavy atom. The lowest BCUT2D eigenvalue weighted by molar-refractivity contribution is -0.119. The van der Waals surface area contributed by atoms with Crippen molar-refractivity contribution in [1.82, 2.24) is 5.16 Å². The van der Waals surface area contributed by atoms with Gasteiger partial charge in [0.1, 0.15) is 0 Å². The zero-order valence-corrected chi connectivity index (χ0v) is 15.6. The van der Waals surface area contributed by atoms with Gasteiger partial charge in [0.05, 0.1) is 0 Å². The zero-order chi connectivity index (χ0) is 19.5. The molecule has 0 aliphatic carbocycles. The minimum atomic E-state index is -0.356. The third kappa shape index (κ3) is 3.67. The van der Waals surface area contributed by atoms with Crippen LogP contribution in [0, 0.1) is 6.92 Å². The third-order valence-electron chi connectivity index (χ3n) is 4.88. The van der Waals surface area contributed by atoms with Gasteiger partial charge in [0, 0.05) is 36.0 Å². The van der Waals surface area contributed by atoms with E-state index in [-0.39, 0.29) is 17.5 Å². The Morgan fingerprint density at radius 1 is 1.11 bits per heavy atom. The molecule has 4 rings (SSSR count). The van der Waals surface area contributed by atoms with E-state index in [2.05, 4.69) is 10.5 Å². The van der Waals surface area contributed by atoms with E-state index < -0.39 is 0 Å². The highest BCUT2D eigenvalue weighted by Crippen LogP contribution is 2.28. The average Bonchev–Trinajstić information content (AvgIpc) is 3.21. The van der Waals surface area contributed by atoms with Gasteiger partial charge >= 0.3 is 0 Å². The van der Waals surface area contributed by atoms with Crippen molar-refractivity contribution in [1.29, 1.82) is 0 Å². The lowest BCUT2D eigenvalue weighted by Crippen LogP contribution is -2.35. The van der Waals surface area contributed by atoms with Gasteiger partial charge < -0.3 is 14.7 Å². The topological polar surface area (TPSA) is 75.4 Å². The summed E-state index contributed by atoms with van der Waals surface area (Å²) >= 11 is 0. The number of amides is 2. The van der Waals surface area contributed by atoms with Crippen molar-refractivity contribution in [2.24, 2.45) is 0 Å². The maximum absolute atomic E-state index is 12.6. The van der Waals surface area contributed by atoms with Crippen LogP contribution in [-0.4, -0.2) is 23.5 Å². The number of benzene rings is 2. The summed E-state index contributed by atoms with van der Waals surface area (Å²) in [6, 6.07) is 16.7. The van der Waals surface area contributed by atoms with E-state index in [1.807, 2.05) is 55.5 Å². The fourth-order valence-corrected chi connectivity index (χ4v) is 3.35. The van der Waals surface area contributed by atoms with Crippen molar-refractivity contribution in [2.45, 2.75) is 26.2 Å². The van der Waals surface area contributed by atoms with Crippen LogP contribution in [0.15, 0.2) is 59.1 Å². The Hall–Kier alpha value is -3.41. The van der Waals surface area contributed by atoms with Crippen LogP contribution in [0.4, 0.5) is 11.4 Å². The van der Waals surface area contributed by atoms with Gasteiger partial charge in [0.15, 0.2) is 11.5 Å². The first kappa shape index (κ1) is 18.0. The van der Waals surface area contributed by atoms with Crippen LogP contribution in [0.5, 0.6) is 0 Å². The summed E-state index contributed by atoms with van der Waals surface area (Å²) in [6.45, 7) is 2.67. The van der Waals surface area contributed by atoms with E-state index in [1.165, 1.54) is 0 Å². The van der Waals surface area contributed by atoms with E-state index in [0.29, 0.717) is 24.4 Å². The van der Waals surface area contributed by atoms with Gasteiger partial charge in [0.2, 0.25) is 5.91 Å². The molecule has 3 aromatic rings. The lowest BCUT2D eigenvalue weighted by atomic mass is 10.1. The molecular weight excluding hydrogens is 354 g/mol. The number of hydrogen-bond donors (Lipinski definition) is 1. The molecule has 0 unspecified atom stereocenters. The summed E-state index contributed by atoms with van der Waals surface area (Å²) in [7, 11) is 0.